The fourth-order valence-corrected chi connectivity index (χ4v) is 9.94. The molecule has 0 saturated carbocycles. The molecule has 3 rings (SSSR count). The second kappa shape index (κ2) is 30.2. The molecule has 2 aliphatic heterocycles. The maximum Gasteiger partial charge on any atom is 0.226 e. The smallest absolute Gasteiger partial charge is 0.226 e. The monoisotopic (exact) mass is 930 g/mol. The highest BCUT2D eigenvalue weighted by atomic mass is 16.5. The number of hydrogen-bond acceptors (Lipinski definition) is 12. The number of likely N-dealkylation sites (N-methyl/N-ethyl adjacent to an activating group) is 1. The number of benzene rings is 1. The first-order valence-electron chi connectivity index (χ1n) is 24.7. The summed E-state index contributed by atoms with van der Waals surface area (Å²) >= 11 is 0. The highest BCUT2D eigenvalue weighted by molar-refractivity contribution is 5.90. The van der Waals surface area contributed by atoms with E-state index in [9.17, 15) is 24.0 Å². The molecule has 66 heavy (non-hydrogen) atoms. The molecule has 15 nitrogen and oxygen atoms in total. The molecule has 1 aromatic carbocycles. The molecule has 2 aliphatic rings. The molecule has 0 radical (unpaired) electrons. The summed E-state index contributed by atoms with van der Waals surface area (Å²) in [6, 6.07) is 8.62. The lowest BCUT2D eigenvalue weighted by Crippen LogP contribution is -2.55. The molecule has 2 heterocycles. The van der Waals surface area contributed by atoms with Gasteiger partial charge in [0.15, 0.2) is 5.78 Å². The van der Waals surface area contributed by atoms with Crippen LogP contribution in [0.2, 0.25) is 0 Å². The number of likely N-dealkylation sites (tertiary alicyclic amines) is 1. The first-order chi connectivity index (χ1) is 31.6. The van der Waals surface area contributed by atoms with Gasteiger partial charge in [-0.3, -0.25) is 28.9 Å². The van der Waals surface area contributed by atoms with Crippen LogP contribution in [0.5, 0.6) is 0 Å². The van der Waals surface area contributed by atoms with E-state index in [0.29, 0.717) is 59.0 Å². The van der Waals surface area contributed by atoms with Crippen LogP contribution < -0.4 is 10.6 Å². The first-order valence-corrected chi connectivity index (χ1v) is 24.7. The van der Waals surface area contributed by atoms with Crippen LogP contribution >= 0.6 is 0 Å². The van der Waals surface area contributed by atoms with E-state index in [-0.39, 0.29) is 78.4 Å². The van der Waals surface area contributed by atoms with Gasteiger partial charge in [-0.2, -0.15) is 0 Å². The molecule has 376 valence electrons. The first kappa shape index (κ1) is 57.0. The van der Waals surface area contributed by atoms with E-state index in [4.69, 9.17) is 23.7 Å². The van der Waals surface area contributed by atoms with Crippen LogP contribution in [0.25, 0.3) is 0 Å². The maximum atomic E-state index is 14.6. The van der Waals surface area contributed by atoms with Crippen LogP contribution in [0.3, 0.4) is 0 Å². The topological polar surface area (TPSA) is 165 Å². The third kappa shape index (κ3) is 17.3. The van der Waals surface area contributed by atoms with E-state index in [1.54, 1.807) is 33.3 Å². The highest BCUT2D eigenvalue weighted by Crippen LogP contribution is 2.32. The van der Waals surface area contributed by atoms with Gasteiger partial charge >= 0.3 is 0 Å². The van der Waals surface area contributed by atoms with Crippen LogP contribution in [0, 0.1) is 35.5 Å². The molecule has 9 atom stereocenters. The Hall–Kier alpha value is -3.31. The molecule has 2 N–H and O–H groups in total. The number of ether oxygens (including phenoxy) is 5. The summed E-state index contributed by atoms with van der Waals surface area (Å²) < 4.78 is 28.2. The summed E-state index contributed by atoms with van der Waals surface area (Å²) in [6.07, 6.45) is 1.53. The number of nitrogens with zero attached hydrogens (tertiary/aromatic N) is 3. The SMILES string of the molecule is CC[C@H](C)[C@@H](C(CC(=O)N1CCC[C@H]1[C@H](OC)[C@@H](C)C(=O)C[C@@H](Cc1ccccc1)C(=O)NCCOCCOCCOC)OC)N(C)C(=O)[C@@H](CC(=O)[C@H](C(C)C)N1CCNCC1)C(C)C. The summed E-state index contributed by atoms with van der Waals surface area (Å²) in [6.45, 7) is 20.3. The van der Waals surface area contributed by atoms with Crippen molar-refractivity contribution >= 4 is 29.3 Å². The minimum absolute atomic E-state index is 0.0101. The van der Waals surface area contributed by atoms with E-state index < -0.39 is 36.0 Å². The van der Waals surface area contributed by atoms with Gasteiger partial charge in [0.1, 0.15) is 5.78 Å². The van der Waals surface area contributed by atoms with Gasteiger partial charge in [-0.15, -0.1) is 0 Å². The fourth-order valence-electron chi connectivity index (χ4n) is 9.94. The van der Waals surface area contributed by atoms with Gasteiger partial charge in [0, 0.05) is 98.2 Å². The van der Waals surface area contributed by atoms with E-state index in [1.165, 1.54) is 0 Å². The van der Waals surface area contributed by atoms with Crippen molar-refractivity contribution in [3.05, 3.63) is 35.9 Å². The van der Waals surface area contributed by atoms with Gasteiger partial charge in [0.2, 0.25) is 17.7 Å². The summed E-state index contributed by atoms with van der Waals surface area (Å²) in [7, 11) is 6.57. The lowest BCUT2D eigenvalue weighted by atomic mass is 9.83. The Labute approximate surface area is 397 Å². The predicted octanol–water partition coefficient (Wildman–Crippen LogP) is 4.68. The van der Waals surface area contributed by atoms with Crippen LogP contribution in [0.4, 0.5) is 0 Å². The molecule has 2 fully saturated rings. The molecule has 0 spiro atoms. The molecule has 0 aromatic heterocycles. The normalized spacial score (nSPS) is 19.5. The van der Waals surface area contributed by atoms with Gasteiger partial charge in [0.25, 0.3) is 0 Å². The Balaban J connectivity index is 1.73. The molecular formula is C51H87N5O10. The van der Waals surface area contributed by atoms with E-state index in [0.717, 1.165) is 44.6 Å². The molecular weight excluding hydrogens is 843 g/mol. The van der Waals surface area contributed by atoms with Gasteiger partial charge in [0.05, 0.1) is 69.8 Å². The molecule has 1 unspecified atom stereocenters. The van der Waals surface area contributed by atoms with Crippen LogP contribution in [-0.4, -0.2) is 175 Å². The molecule has 2 saturated heterocycles. The Kier molecular flexibility index (Phi) is 26.1. The number of Topliss-reactive ketones (excluding diaryl/α,β-unsaturated/α-hetero) is 2. The minimum Gasteiger partial charge on any atom is -0.382 e. The average molecular weight is 930 g/mol. The lowest BCUT2D eigenvalue weighted by Gasteiger charge is -2.41. The summed E-state index contributed by atoms with van der Waals surface area (Å²) in [5, 5.41) is 6.34. The number of carbonyl (C=O) groups excluding carboxylic acids is 5. The van der Waals surface area contributed by atoms with Crippen molar-refractivity contribution in [1.29, 1.82) is 0 Å². The molecule has 0 aliphatic carbocycles. The van der Waals surface area contributed by atoms with E-state index in [2.05, 4.69) is 43.2 Å². The number of rotatable bonds is 32. The average Bonchev–Trinajstić information content (AvgIpc) is 3.79. The number of methoxy groups -OCH3 is 3. The number of piperazine rings is 1. The van der Waals surface area contributed by atoms with Crippen molar-refractivity contribution < 1.29 is 47.7 Å². The molecule has 1 aromatic rings. The number of nitrogens with one attached hydrogen (secondary N) is 2. The van der Waals surface area contributed by atoms with Gasteiger partial charge in [-0.1, -0.05) is 85.2 Å². The van der Waals surface area contributed by atoms with E-state index in [1.807, 2.05) is 56.0 Å². The quantitative estimate of drug-likeness (QED) is 0.0961. The molecule has 15 heteroatoms. The standard InChI is InChI=1S/C51H87N5O10/c1-12-37(6)48(54(8)51(61)41(35(2)3)33-44(58)47(36(4)5)55-24-20-52-21-25-55)45(63-10)34-46(59)56-23-16-19-42(56)49(64-11)38(7)43(57)32-40(31-39-17-14-13-15-18-39)50(60)53-22-26-65-29-30-66-28-27-62-9/h13-15,17-18,35-38,40-42,45,47-49,52H,12,16,19-34H2,1-11H3,(H,53,60)/t37-,38-,40+,41-,42-,45?,47-,48-,49+/m0/s1. The predicted molar refractivity (Wildman–Crippen MR) is 257 cm³/mol. The van der Waals surface area contributed by atoms with Gasteiger partial charge in [-0.25, -0.2) is 0 Å². The minimum atomic E-state index is -0.618. The zero-order chi connectivity index (χ0) is 48.8. The summed E-state index contributed by atoms with van der Waals surface area (Å²) in [5.74, 6) is -2.20. The number of ketones is 2. The molecule has 0 bridgehead atoms. The van der Waals surface area contributed by atoms with Crippen LogP contribution in [-0.2, 0) is 54.1 Å². The molecule has 3 amide bonds. The number of hydrogen-bond donors (Lipinski definition) is 2. The largest absolute Gasteiger partial charge is 0.382 e. The van der Waals surface area contributed by atoms with Crippen LogP contribution in [0.15, 0.2) is 30.3 Å². The second-order valence-corrected chi connectivity index (χ2v) is 19.2. The third-order valence-electron chi connectivity index (χ3n) is 13.9. The van der Waals surface area contributed by atoms with Gasteiger partial charge < -0.3 is 44.1 Å². The summed E-state index contributed by atoms with van der Waals surface area (Å²) in [4.78, 5) is 76.8. The summed E-state index contributed by atoms with van der Waals surface area (Å²) in [5.41, 5.74) is 0.952. The Morgan fingerprint density at radius 1 is 0.803 bits per heavy atom. The van der Waals surface area contributed by atoms with Crippen molar-refractivity contribution in [3.8, 4) is 0 Å². The van der Waals surface area contributed by atoms with E-state index >= 15 is 0 Å². The van der Waals surface area contributed by atoms with Crippen molar-refractivity contribution in [3.63, 3.8) is 0 Å². The Bertz CT molecular complexity index is 1590. The van der Waals surface area contributed by atoms with Crippen molar-refractivity contribution in [2.45, 2.75) is 124 Å². The Morgan fingerprint density at radius 3 is 2.05 bits per heavy atom. The van der Waals surface area contributed by atoms with Gasteiger partial charge in [-0.05, 0) is 42.6 Å². The van der Waals surface area contributed by atoms with Crippen molar-refractivity contribution in [2.24, 2.45) is 35.5 Å². The lowest BCUT2D eigenvalue weighted by molar-refractivity contribution is -0.149. The fraction of sp³-hybridized carbons (Fsp3) is 0.784. The third-order valence-corrected chi connectivity index (χ3v) is 13.9. The number of carbonyl (C=O) groups is 5. The Morgan fingerprint density at radius 2 is 1.45 bits per heavy atom. The zero-order valence-corrected chi connectivity index (χ0v) is 42.4. The second-order valence-electron chi connectivity index (χ2n) is 19.2. The van der Waals surface area contributed by atoms with Crippen LogP contribution in [0.1, 0.15) is 92.6 Å². The zero-order valence-electron chi connectivity index (χ0n) is 42.4. The maximum absolute atomic E-state index is 14.6. The highest BCUT2D eigenvalue weighted by Gasteiger charge is 2.44. The number of amides is 3. The van der Waals surface area contributed by atoms with Crippen molar-refractivity contribution in [2.75, 3.05) is 101 Å². The van der Waals surface area contributed by atoms with Crippen molar-refractivity contribution in [1.82, 2.24) is 25.3 Å².